The Bertz CT molecular complexity index is 1040. The molecule has 0 N–H and O–H groups in total. The second-order valence-electron chi connectivity index (χ2n) is 7.70. The summed E-state index contributed by atoms with van der Waals surface area (Å²) in [6, 6.07) is 13.8. The highest BCUT2D eigenvalue weighted by Gasteiger charge is 2.30. The fourth-order valence-corrected chi connectivity index (χ4v) is 3.79. The van der Waals surface area contributed by atoms with Crippen LogP contribution in [0.5, 0.6) is 0 Å². The zero-order chi connectivity index (χ0) is 21.1. The quantitative estimate of drug-likeness (QED) is 0.639. The molecule has 154 valence electrons. The Hall–Kier alpha value is -3.53. The molecule has 1 fully saturated rings. The van der Waals surface area contributed by atoms with Gasteiger partial charge in [0.2, 0.25) is 17.5 Å². The van der Waals surface area contributed by atoms with Crippen molar-refractivity contribution in [3.63, 3.8) is 0 Å². The summed E-state index contributed by atoms with van der Waals surface area (Å²) in [6.07, 6.45) is 2.95. The van der Waals surface area contributed by atoms with Gasteiger partial charge in [-0.2, -0.15) is 10.2 Å². The number of hydrogen-bond acceptors (Lipinski definition) is 6. The van der Waals surface area contributed by atoms with Crippen LogP contribution in [0.1, 0.15) is 29.7 Å². The van der Waals surface area contributed by atoms with Gasteiger partial charge in [-0.05, 0) is 37.5 Å². The molecule has 1 aromatic carbocycles. The van der Waals surface area contributed by atoms with Crippen molar-refractivity contribution in [1.29, 1.82) is 5.26 Å². The molecular weight excluding hydrogens is 380 g/mol. The van der Waals surface area contributed by atoms with E-state index < -0.39 is 0 Å². The van der Waals surface area contributed by atoms with E-state index in [9.17, 15) is 10.1 Å². The van der Waals surface area contributed by atoms with Gasteiger partial charge in [0, 0.05) is 32.6 Å². The summed E-state index contributed by atoms with van der Waals surface area (Å²) in [4.78, 5) is 20.9. The highest BCUT2D eigenvalue weighted by atomic mass is 16.4. The minimum absolute atomic E-state index is 0.0327. The molecule has 7 heteroatoms. The van der Waals surface area contributed by atoms with E-state index in [-0.39, 0.29) is 17.5 Å². The highest BCUT2D eigenvalue weighted by Crippen LogP contribution is 2.31. The number of nitriles is 1. The third kappa shape index (κ3) is 4.08. The summed E-state index contributed by atoms with van der Waals surface area (Å²) in [5.41, 5.74) is 2.57. The average molecular weight is 404 g/mol. The lowest BCUT2D eigenvalue weighted by molar-refractivity contribution is -0.135. The number of amides is 1. The van der Waals surface area contributed by atoms with Crippen LogP contribution in [0.25, 0.3) is 11.7 Å². The van der Waals surface area contributed by atoms with E-state index >= 15 is 0 Å². The molecular formula is C23H24N4O3. The molecule has 0 bridgehead atoms. The van der Waals surface area contributed by atoms with Crippen LogP contribution in [0.2, 0.25) is 0 Å². The number of benzene rings is 1. The largest absolute Gasteiger partial charge is 0.459 e. The molecule has 2 aromatic heterocycles. The van der Waals surface area contributed by atoms with Crippen molar-refractivity contribution < 1.29 is 13.6 Å². The van der Waals surface area contributed by atoms with Crippen LogP contribution >= 0.6 is 0 Å². The van der Waals surface area contributed by atoms with Crippen molar-refractivity contribution >= 4 is 11.8 Å². The molecule has 0 unspecified atom stereocenters. The summed E-state index contributed by atoms with van der Waals surface area (Å²) < 4.78 is 11.1. The van der Waals surface area contributed by atoms with E-state index in [4.69, 9.17) is 8.83 Å². The molecule has 1 aliphatic heterocycles. The summed E-state index contributed by atoms with van der Waals surface area (Å²) in [7, 11) is 1.86. The number of hydrogen-bond donors (Lipinski definition) is 0. The van der Waals surface area contributed by atoms with Crippen molar-refractivity contribution in [2.24, 2.45) is 5.92 Å². The first-order valence-electron chi connectivity index (χ1n) is 10.1. The standard InChI is InChI=1S/C23H24N4O3/c1-16-5-7-17(8-6-16)15-26(2)22(28)18-9-11-27(12-10-18)23-19(14-24)25-21(30-23)20-4-3-13-29-20/h3-8,13,18H,9-12,15H2,1-2H3. The molecule has 0 radical (unpaired) electrons. The summed E-state index contributed by atoms with van der Waals surface area (Å²) in [6.45, 7) is 3.93. The number of carbonyl (C=O) groups is 1. The maximum atomic E-state index is 12.9. The summed E-state index contributed by atoms with van der Waals surface area (Å²) in [5, 5.41) is 9.44. The van der Waals surface area contributed by atoms with Gasteiger partial charge < -0.3 is 18.6 Å². The number of piperidine rings is 1. The zero-order valence-electron chi connectivity index (χ0n) is 17.2. The number of aryl methyl sites for hydroxylation is 1. The fourth-order valence-electron chi connectivity index (χ4n) is 3.79. The molecule has 3 heterocycles. The highest BCUT2D eigenvalue weighted by molar-refractivity contribution is 5.79. The molecule has 1 amide bonds. The van der Waals surface area contributed by atoms with Crippen LogP contribution in [-0.4, -0.2) is 35.9 Å². The van der Waals surface area contributed by atoms with E-state index in [2.05, 4.69) is 42.2 Å². The van der Waals surface area contributed by atoms with Gasteiger partial charge in [-0.1, -0.05) is 29.8 Å². The van der Waals surface area contributed by atoms with Gasteiger partial charge in [-0.3, -0.25) is 4.79 Å². The monoisotopic (exact) mass is 404 g/mol. The Balaban J connectivity index is 1.38. The normalized spacial score (nSPS) is 14.5. The predicted molar refractivity (Wildman–Crippen MR) is 112 cm³/mol. The SMILES string of the molecule is Cc1ccc(CN(C)C(=O)C2CCN(c3oc(-c4ccco4)nc3C#N)CC2)cc1. The minimum atomic E-state index is -0.0327. The van der Waals surface area contributed by atoms with Crippen molar-refractivity contribution in [1.82, 2.24) is 9.88 Å². The number of carbonyl (C=O) groups excluding carboxylic acids is 1. The Morgan fingerprint density at radius 2 is 2.00 bits per heavy atom. The van der Waals surface area contributed by atoms with Crippen molar-refractivity contribution in [3.8, 4) is 17.7 Å². The Kier molecular flexibility index (Phi) is 5.57. The molecule has 4 rings (SSSR count). The molecule has 1 aliphatic rings. The van der Waals surface area contributed by atoms with E-state index in [0.717, 1.165) is 5.56 Å². The van der Waals surface area contributed by atoms with Crippen LogP contribution < -0.4 is 4.90 Å². The topological polar surface area (TPSA) is 86.5 Å². The Morgan fingerprint density at radius 1 is 1.27 bits per heavy atom. The molecule has 0 spiro atoms. The fraction of sp³-hybridized carbons (Fsp3) is 0.348. The van der Waals surface area contributed by atoms with Gasteiger partial charge >= 0.3 is 0 Å². The van der Waals surface area contributed by atoms with E-state index in [1.807, 2.05) is 11.9 Å². The van der Waals surface area contributed by atoms with Gasteiger partial charge in [0.1, 0.15) is 6.07 Å². The van der Waals surface area contributed by atoms with Crippen LogP contribution in [0.15, 0.2) is 51.5 Å². The lowest BCUT2D eigenvalue weighted by Crippen LogP contribution is -2.41. The van der Waals surface area contributed by atoms with Crippen LogP contribution in [0.3, 0.4) is 0 Å². The second kappa shape index (κ2) is 8.46. The third-order valence-corrected chi connectivity index (χ3v) is 5.50. The average Bonchev–Trinajstić information content (AvgIpc) is 3.44. The van der Waals surface area contributed by atoms with Crippen molar-refractivity contribution in [2.75, 3.05) is 25.0 Å². The summed E-state index contributed by atoms with van der Waals surface area (Å²) >= 11 is 0. The number of rotatable bonds is 5. The van der Waals surface area contributed by atoms with Crippen LogP contribution in [0.4, 0.5) is 5.88 Å². The molecule has 3 aromatic rings. The minimum Gasteiger partial charge on any atom is -0.459 e. The lowest BCUT2D eigenvalue weighted by Gasteiger charge is -2.33. The maximum absolute atomic E-state index is 12.9. The van der Waals surface area contributed by atoms with E-state index in [0.29, 0.717) is 50.0 Å². The number of anilines is 1. The first-order chi connectivity index (χ1) is 14.5. The number of furan rings is 1. The number of oxazole rings is 1. The lowest BCUT2D eigenvalue weighted by atomic mass is 9.95. The summed E-state index contributed by atoms with van der Waals surface area (Å²) in [5.74, 6) is 1.35. The predicted octanol–water partition coefficient (Wildman–Crippen LogP) is 3.99. The first-order valence-corrected chi connectivity index (χ1v) is 10.1. The van der Waals surface area contributed by atoms with Crippen LogP contribution in [0, 0.1) is 24.2 Å². The van der Waals surface area contributed by atoms with Gasteiger partial charge in [0.25, 0.3) is 5.89 Å². The number of nitrogens with zero attached hydrogens (tertiary/aromatic N) is 4. The van der Waals surface area contributed by atoms with Gasteiger partial charge in [0.15, 0.2) is 5.76 Å². The molecule has 0 atom stereocenters. The Labute approximate surface area is 175 Å². The van der Waals surface area contributed by atoms with Crippen LogP contribution in [-0.2, 0) is 11.3 Å². The van der Waals surface area contributed by atoms with E-state index in [1.54, 1.807) is 17.0 Å². The third-order valence-electron chi connectivity index (χ3n) is 5.50. The Morgan fingerprint density at radius 3 is 2.63 bits per heavy atom. The second-order valence-corrected chi connectivity index (χ2v) is 7.70. The van der Waals surface area contributed by atoms with Crippen molar-refractivity contribution in [2.45, 2.75) is 26.3 Å². The molecule has 0 saturated carbocycles. The maximum Gasteiger partial charge on any atom is 0.266 e. The molecule has 7 nitrogen and oxygen atoms in total. The molecule has 1 saturated heterocycles. The van der Waals surface area contributed by atoms with Gasteiger partial charge in [-0.15, -0.1) is 0 Å². The number of aromatic nitrogens is 1. The smallest absolute Gasteiger partial charge is 0.266 e. The van der Waals surface area contributed by atoms with Gasteiger partial charge in [-0.25, -0.2) is 0 Å². The van der Waals surface area contributed by atoms with Gasteiger partial charge in [0.05, 0.1) is 6.26 Å². The van der Waals surface area contributed by atoms with Crippen molar-refractivity contribution in [3.05, 3.63) is 59.5 Å². The van der Waals surface area contributed by atoms with E-state index in [1.165, 1.54) is 11.8 Å². The first kappa shape index (κ1) is 19.8. The molecule has 0 aliphatic carbocycles. The molecule has 30 heavy (non-hydrogen) atoms. The zero-order valence-corrected chi connectivity index (χ0v) is 17.2.